The second kappa shape index (κ2) is 14.8. The van der Waals surface area contributed by atoms with E-state index in [1.165, 1.54) is 4.90 Å². The van der Waals surface area contributed by atoms with E-state index < -0.39 is 50.3 Å². The lowest BCUT2D eigenvalue weighted by molar-refractivity contribution is -0.141. The first-order chi connectivity index (χ1) is 24.7. The molecule has 15 heteroatoms. The van der Waals surface area contributed by atoms with Crippen molar-refractivity contribution in [2.75, 3.05) is 20.7 Å². The quantitative estimate of drug-likeness (QED) is 0.208. The van der Waals surface area contributed by atoms with Gasteiger partial charge in [0.15, 0.2) is 0 Å². The Labute approximate surface area is 305 Å². The molecule has 0 bridgehead atoms. The standard InChI is InChI=1S/C37H52N6O8S/c1-22(2)50-31-19-30(26-14-15-29(49-6)23(3)32(26)39-31)51-25-18-28-33(44)40-37(35(46)42-52(47,48)36(4)16-17-36)20-24(37)12-10-8-7-9-11-13-27(41-38-5)34(45)43(28)21-25/h10,12,14-15,19,22,24-25,27-28,38,41H,7-9,11,13,16-18,20-21H2,1-6H3,(H,40,44)(H,42,46). The first kappa shape index (κ1) is 37.8. The summed E-state index contributed by atoms with van der Waals surface area (Å²) in [5.74, 6) is -0.435. The van der Waals surface area contributed by atoms with Crippen LogP contribution in [-0.2, 0) is 24.4 Å². The zero-order valence-electron chi connectivity index (χ0n) is 30.9. The molecule has 3 fully saturated rings. The molecule has 2 aliphatic carbocycles. The normalized spacial score (nSPS) is 27.6. The predicted octanol–water partition coefficient (Wildman–Crippen LogP) is 3.17. The molecule has 4 N–H and O–H groups in total. The summed E-state index contributed by atoms with van der Waals surface area (Å²) in [6.45, 7) is 7.43. The summed E-state index contributed by atoms with van der Waals surface area (Å²) in [5.41, 5.74) is 5.98. The van der Waals surface area contributed by atoms with E-state index in [1.807, 2.05) is 45.1 Å². The molecule has 1 aromatic heterocycles. The van der Waals surface area contributed by atoms with Crippen molar-refractivity contribution in [1.82, 2.24) is 30.8 Å². The Balaban J connectivity index is 1.33. The Hall–Kier alpha value is -3.95. The molecule has 0 radical (unpaired) electrons. The minimum Gasteiger partial charge on any atom is -0.496 e. The average Bonchev–Trinajstić information content (AvgIpc) is 3.97. The largest absolute Gasteiger partial charge is 0.496 e. The molecule has 284 valence electrons. The van der Waals surface area contributed by atoms with E-state index in [2.05, 4.69) is 20.9 Å². The number of ether oxygens (including phenoxy) is 3. The van der Waals surface area contributed by atoms with Gasteiger partial charge in [0.25, 0.3) is 5.91 Å². The van der Waals surface area contributed by atoms with E-state index in [4.69, 9.17) is 19.2 Å². The topological polar surface area (TPSA) is 177 Å². The molecule has 5 atom stereocenters. The minimum atomic E-state index is -3.95. The maximum atomic E-state index is 14.4. The number of allylic oxidation sites excluding steroid dienone is 1. The van der Waals surface area contributed by atoms with Crippen LogP contribution in [0.25, 0.3) is 10.9 Å². The Morgan fingerprint density at radius 1 is 1.13 bits per heavy atom. The predicted molar refractivity (Wildman–Crippen MR) is 195 cm³/mol. The first-order valence-electron chi connectivity index (χ1n) is 18.3. The third-order valence-corrected chi connectivity index (χ3v) is 12.9. The van der Waals surface area contributed by atoms with Gasteiger partial charge >= 0.3 is 0 Å². The number of nitrogens with one attached hydrogen (secondary N) is 4. The highest BCUT2D eigenvalue weighted by atomic mass is 32.2. The van der Waals surface area contributed by atoms with Crippen molar-refractivity contribution >= 4 is 38.6 Å². The summed E-state index contributed by atoms with van der Waals surface area (Å²) in [6, 6.07) is 3.82. The van der Waals surface area contributed by atoms with Gasteiger partial charge < -0.3 is 24.4 Å². The molecule has 1 aromatic carbocycles. The van der Waals surface area contributed by atoms with Crippen molar-refractivity contribution < 1.29 is 37.0 Å². The van der Waals surface area contributed by atoms with E-state index in [0.29, 0.717) is 42.2 Å². The number of pyridine rings is 1. The Bertz CT molecular complexity index is 1850. The highest BCUT2D eigenvalue weighted by Gasteiger charge is 2.63. The van der Waals surface area contributed by atoms with Gasteiger partial charge in [-0.15, -0.1) is 0 Å². The van der Waals surface area contributed by atoms with Crippen LogP contribution in [0.1, 0.15) is 84.1 Å². The van der Waals surface area contributed by atoms with E-state index >= 15 is 0 Å². The van der Waals surface area contributed by atoms with Crippen molar-refractivity contribution in [3.63, 3.8) is 0 Å². The molecule has 2 aromatic rings. The van der Waals surface area contributed by atoms with Crippen molar-refractivity contribution in [3.8, 4) is 17.4 Å². The number of methoxy groups -OCH3 is 1. The monoisotopic (exact) mass is 740 g/mol. The molecule has 6 rings (SSSR count). The Morgan fingerprint density at radius 3 is 2.60 bits per heavy atom. The van der Waals surface area contributed by atoms with E-state index in [-0.39, 0.29) is 37.3 Å². The number of rotatable bonds is 10. The fourth-order valence-electron chi connectivity index (χ4n) is 7.28. The van der Waals surface area contributed by atoms with Crippen LogP contribution in [0.3, 0.4) is 0 Å². The number of benzene rings is 1. The van der Waals surface area contributed by atoms with Crippen LogP contribution >= 0.6 is 0 Å². The molecule has 14 nitrogen and oxygen atoms in total. The van der Waals surface area contributed by atoms with Crippen molar-refractivity contribution in [3.05, 3.63) is 35.9 Å². The van der Waals surface area contributed by atoms with Crippen molar-refractivity contribution in [2.45, 2.75) is 120 Å². The number of carbonyl (C=O) groups excluding carboxylic acids is 3. The lowest BCUT2D eigenvalue weighted by atomic mass is 10.1. The zero-order valence-corrected chi connectivity index (χ0v) is 31.7. The van der Waals surface area contributed by atoms with Gasteiger partial charge in [0.05, 0.1) is 30.0 Å². The van der Waals surface area contributed by atoms with Crippen LogP contribution in [0.15, 0.2) is 30.4 Å². The molecule has 1 saturated heterocycles. The molecular formula is C37H52N6O8S. The molecule has 3 heterocycles. The number of fused-ring (bicyclic) bond motifs is 3. The molecule has 2 aliphatic heterocycles. The molecule has 52 heavy (non-hydrogen) atoms. The number of amides is 3. The minimum absolute atomic E-state index is 0.105. The van der Waals surface area contributed by atoms with E-state index in [9.17, 15) is 22.8 Å². The van der Waals surface area contributed by atoms with E-state index in [0.717, 1.165) is 36.6 Å². The van der Waals surface area contributed by atoms with Crippen molar-refractivity contribution in [2.24, 2.45) is 5.92 Å². The second-order valence-electron chi connectivity index (χ2n) is 15.1. The van der Waals surface area contributed by atoms with Gasteiger partial charge in [-0.3, -0.25) is 24.5 Å². The van der Waals surface area contributed by atoms with Crippen LogP contribution in [0.2, 0.25) is 0 Å². The van der Waals surface area contributed by atoms with Crippen LogP contribution < -0.4 is 35.1 Å². The number of aromatic nitrogens is 1. The third kappa shape index (κ3) is 7.58. The lowest BCUT2D eigenvalue weighted by Gasteiger charge is -2.30. The molecule has 4 aliphatic rings. The van der Waals surface area contributed by atoms with Gasteiger partial charge in [0.1, 0.15) is 35.2 Å². The third-order valence-electron chi connectivity index (χ3n) is 10.8. The number of hydrogen-bond donors (Lipinski definition) is 4. The van der Waals surface area contributed by atoms with Crippen LogP contribution in [0.4, 0.5) is 0 Å². The fourth-order valence-corrected chi connectivity index (χ4v) is 8.59. The maximum Gasteiger partial charge on any atom is 0.259 e. The van der Waals surface area contributed by atoms with Gasteiger partial charge in [-0.1, -0.05) is 25.0 Å². The second-order valence-corrected chi connectivity index (χ2v) is 17.3. The molecule has 2 saturated carbocycles. The molecular weight excluding hydrogens is 689 g/mol. The first-order valence-corrected chi connectivity index (χ1v) is 19.8. The number of sulfonamides is 1. The SMILES string of the molecule is CNNC1CCCCCC=CC2CC2(C(=O)NS(=O)(=O)C2(C)CC2)NC(=O)C2CC(Oc3cc(OC(C)C)nc4c(C)c(OC)ccc34)CN2C1=O. The van der Waals surface area contributed by atoms with Crippen LogP contribution in [0.5, 0.6) is 17.4 Å². The van der Waals surface area contributed by atoms with Gasteiger partial charge in [-0.2, -0.15) is 0 Å². The Kier molecular flexibility index (Phi) is 10.8. The molecule has 0 spiro atoms. The summed E-state index contributed by atoms with van der Waals surface area (Å²) in [6.07, 6.45) is 8.35. The van der Waals surface area contributed by atoms with E-state index in [1.54, 1.807) is 27.1 Å². The van der Waals surface area contributed by atoms with Crippen LogP contribution in [0, 0.1) is 12.8 Å². The molecule has 3 amide bonds. The summed E-state index contributed by atoms with van der Waals surface area (Å²) in [7, 11) is -0.657. The average molecular weight is 741 g/mol. The number of hydrazine groups is 1. The number of hydrogen-bond acceptors (Lipinski definition) is 11. The van der Waals surface area contributed by atoms with Gasteiger partial charge in [0, 0.05) is 29.4 Å². The van der Waals surface area contributed by atoms with Crippen molar-refractivity contribution in [1.29, 1.82) is 0 Å². The highest BCUT2D eigenvalue weighted by molar-refractivity contribution is 7.91. The van der Waals surface area contributed by atoms with Gasteiger partial charge in [0.2, 0.25) is 27.7 Å². The zero-order chi connectivity index (χ0) is 37.4. The number of carbonyl (C=O) groups is 3. The highest BCUT2D eigenvalue weighted by Crippen LogP contribution is 2.47. The summed E-state index contributed by atoms with van der Waals surface area (Å²) in [5, 5.41) is 3.66. The lowest BCUT2D eigenvalue weighted by Crippen LogP contribution is -2.59. The summed E-state index contributed by atoms with van der Waals surface area (Å²) in [4.78, 5) is 48.7. The smallest absolute Gasteiger partial charge is 0.259 e. The van der Waals surface area contributed by atoms with Gasteiger partial charge in [-0.05, 0) is 85.4 Å². The van der Waals surface area contributed by atoms with Gasteiger partial charge in [-0.25, -0.2) is 18.8 Å². The number of nitrogens with zero attached hydrogens (tertiary/aromatic N) is 2. The molecule has 5 unspecified atom stereocenters. The number of aryl methyl sites for hydroxylation is 1. The van der Waals surface area contributed by atoms with Crippen LogP contribution in [-0.4, -0.2) is 91.3 Å². The summed E-state index contributed by atoms with van der Waals surface area (Å²) < 4.78 is 45.7. The summed E-state index contributed by atoms with van der Waals surface area (Å²) >= 11 is 0. The Morgan fingerprint density at radius 2 is 1.90 bits per heavy atom. The maximum absolute atomic E-state index is 14.4. The fraction of sp³-hybridized carbons (Fsp3) is 0.622.